The van der Waals surface area contributed by atoms with Gasteiger partial charge in [0.05, 0.1) is 17.7 Å². The van der Waals surface area contributed by atoms with E-state index >= 15 is 0 Å². The molecule has 4 nitrogen and oxygen atoms in total. The maximum atomic E-state index is 13.3. The third-order valence-electron chi connectivity index (χ3n) is 6.64. The lowest BCUT2D eigenvalue weighted by Gasteiger charge is -2.32. The van der Waals surface area contributed by atoms with E-state index in [9.17, 15) is 36.2 Å². The molecule has 1 fully saturated rings. The Morgan fingerprint density at radius 2 is 1.37 bits per heavy atom. The molecule has 10 heteroatoms. The van der Waals surface area contributed by atoms with Gasteiger partial charge in [-0.2, -0.15) is 26.3 Å². The van der Waals surface area contributed by atoms with Gasteiger partial charge in [-0.15, -0.1) is 0 Å². The zero-order valence-corrected chi connectivity index (χ0v) is 19.0. The van der Waals surface area contributed by atoms with E-state index in [4.69, 9.17) is 0 Å². The molecule has 1 N–H and O–H groups in total. The van der Waals surface area contributed by atoms with Crippen molar-refractivity contribution in [3.05, 3.63) is 63.7 Å². The first-order valence-electron chi connectivity index (χ1n) is 11.6. The number of halogens is 6. The van der Waals surface area contributed by atoms with Crippen molar-refractivity contribution in [3.8, 4) is 0 Å². The van der Waals surface area contributed by atoms with Crippen LogP contribution < -0.4 is 4.90 Å². The van der Waals surface area contributed by atoms with Crippen LogP contribution in [0.15, 0.2) is 30.3 Å². The Kier molecular flexibility index (Phi) is 6.92. The molecule has 1 heterocycles. The Labute approximate surface area is 199 Å². The van der Waals surface area contributed by atoms with Gasteiger partial charge >= 0.3 is 18.4 Å². The van der Waals surface area contributed by atoms with Crippen LogP contribution in [0.4, 0.5) is 36.8 Å². The van der Waals surface area contributed by atoms with Crippen LogP contribution in [0.5, 0.6) is 0 Å². The van der Waals surface area contributed by atoms with Gasteiger partial charge in [-0.05, 0) is 85.0 Å². The molecule has 1 aliphatic heterocycles. The molecule has 190 valence electrons. The van der Waals surface area contributed by atoms with E-state index in [0.717, 1.165) is 73.3 Å². The summed E-state index contributed by atoms with van der Waals surface area (Å²) in [6, 6.07) is 5.24. The number of piperidine rings is 1. The van der Waals surface area contributed by atoms with Gasteiger partial charge in [0.15, 0.2) is 0 Å². The van der Waals surface area contributed by atoms with E-state index in [1.165, 1.54) is 5.56 Å². The Morgan fingerprint density at radius 3 is 1.91 bits per heavy atom. The molecule has 1 saturated heterocycles. The van der Waals surface area contributed by atoms with Crippen molar-refractivity contribution >= 4 is 11.8 Å². The molecule has 1 amide bonds. The predicted octanol–water partition coefficient (Wildman–Crippen LogP) is 6.88. The number of alkyl halides is 6. The van der Waals surface area contributed by atoms with Crippen LogP contribution >= 0.6 is 0 Å². The third-order valence-corrected chi connectivity index (χ3v) is 6.64. The van der Waals surface area contributed by atoms with Crippen LogP contribution in [0.1, 0.15) is 59.1 Å². The fraction of sp³-hybridized carbons (Fsp3) is 0.480. The molecule has 2 aliphatic rings. The van der Waals surface area contributed by atoms with E-state index in [0.29, 0.717) is 12.1 Å². The summed E-state index contributed by atoms with van der Waals surface area (Å²) in [6.45, 7) is 0.910. The summed E-state index contributed by atoms with van der Waals surface area (Å²) in [6.07, 6.45) is -5.51. The minimum absolute atomic E-state index is 0.0452. The van der Waals surface area contributed by atoms with E-state index in [2.05, 4.69) is 11.0 Å². The van der Waals surface area contributed by atoms with Crippen LogP contribution in [0.3, 0.4) is 0 Å². The number of amides is 1. The minimum atomic E-state index is -4.99. The standard InChI is InChI=1S/C25H26F6N2O2/c26-24(27,28)20-9-16(10-21(13-20)25(29,30)31)14-33(23(34)35)15-19-11-17-5-4-6-18(17)12-22(19)32-7-2-1-3-8-32/h9-13H,1-8,14-15H2,(H,34,35). The number of rotatable bonds is 5. The Bertz CT molecular complexity index is 1060. The number of aryl methyl sites for hydroxylation is 2. The smallest absolute Gasteiger partial charge is 0.416 e. The summed E-state index contributed by atoms with van der Waals surface area (Å²) in [7, 11) is 0. The largest absolute Gasteiger partial charge is 0.465 e. The number of hydrogen-bond donors (Lipinski definition) is 1. The topological polar surface area (TPSA) is 43.8 Å². The highest BCUT2D eigenvalue weighted by Gasteiger charge is 2.37. The maximum Gasteiger partial charge on any atom is 0.416 e. The summed E-state index contributed by atoms with van der Waals surface area (Å²) < 4.78 is 79.6. The zero-order valence-electron chi connectivity index (χ0n) is 19.0. The fourth-order valence-corrected chi connectivity index (χ4v) is 4.95. The van der Waals surface area contributed by atoms with Gasteiger partial charge < -0.3 is 10.0 Å². The van der Waals surface area contributed by atoms with Crippen molar-refractivity contribution < 1.29 is 36.2 Å². The van der Waals surface area contributed by atoms with Gasteiger partial charge in [0.1, 0.15) is 0 Å². The molecule has 0 saturated carbocycles. The summed E-state index contributed by atoms with van der Waals surface area (Å²) in [4.78, 5) is 15.1. The summed E-state index contributed by atoms with van der Waals surface area (Å²) in [5, 5.41) is 9.82. The van der Waals surface area contributed by atoms with Crippen molar-refractivity contribution in [3.63, 3.8) is 0 Å². The summed E-state index contributed by atoms with van der Waals surface area (Å²) in [5.41, 5.74) is 0.664. The zero-order chi connectivity index (χ0) is 25.4. The first kappa shape index (κ1) is 25.2. The molecule has 1 aliphatic carbocycles. The van der Waals surface area contributed by atoms with Crippen LogP contribution in [-0.2, 0) is 38.3 Å². The minimum Gasteiger partial charge on any atom is -0.465 e. The number of nitrogens with zero attached hydrogens (tertiary/aromatic N) is 2. The lowest BCUT2D eigenvalue weighted by atomic mass is 10.0. The number of carbonyl (C=O) groups is 1. The van der Waals surface area contributed by atoms with Crippen LogP contribution in [0, 0.1) is 0 Å². The molecule has 35 heavy (non-hydrogen) atoms. The van der Waals surface area contributed by atoms with Gasteiger partial charge in [0.2, 0.25) is 0 Å². The fourth-order valence-electron chi connectivity index (χ4n) is 4.95. The molecule has 0 unspecified atom stereocenters. The van der Waals surface area contributed by atoms with Gasteiger partial charge in [0, 0.05) is 25.3 Å². The lowest BCUT2D eigenvalue weighted by Crippen LogP contribution is -2.33. The highest BCUT2D eigenvalue weighted by atomic mass is 19.4. The van der Waals surface area contributed by atoms with Crippen LogP contribution in [0.25, 0.3) is 0 Å². The lowest BCUT2D eigenvalue weighted by molar-refractivity contribution is -0.143. The maximum absolute atomic E-state index is 13.3. The molecule has 4 rings (SSSR count). The first-order valence-corrected chi connectivity index (χ1v) is 11.6. The molecule has 2 aromatic carbocycles. The highest BCUT2D eigenvalue weighted by Crippen LogP contribution is 2.37. The van der Waals surface area contributed by atoms with Crippen molar-refractivity contribution in [1.29, 1.82) is 0 Å². The van der Waals surface area contributed by atoms with E-state index in [1.54, 1.807) is 0 Å². The molecule has 0 aromatic heterocycles. The van der Waals surface area contributed by atoms with E-state index in [1.807, 2.05) is 6.07 Å². The second-order valence-electron chi connectivity index (χ2n) is 9.20. The normalized spacial score (nSPS) is 16.3. The second kappa shape index (κ2) is 9.62. The monoisotopic (exact) mass is 500 g/mol. The van der Waals surface area contributed by atoms with Gasteiger partial charge in [0.25, 0.3) is 0 Å². The SMILES string of the molecule is O=C(O)N(Cc1cc(C(F)(F)F)cc(C(F)(F)F)c1)Cc1cc2c(cc1N1CCCCC1)CCC2. The second-order valence-corrected chi connectivity index (χ2v) is 9.20. The molecule has 0 atom stereocenters. The molecular weight excluding hydrogens is 474 g/mol. The molecule has 0 spiro atoms. The molecule has 0 radical (unpaired) electrons. The Morgan fingerprint density at radius 1 is 0.800 bits per heavy atom. The van der Waals surface area contributed by atoms with Crippen LogP contribution in [0.2, 0.25) is 0 Å². The number of anilines is 1. The number of hydrogen-bond acceptors (Lipinski definition) is 2. The number of carboxylic acid groups (broad SMARTS) is 1. The summed E-state index contributed by atoms with van der Waals surface area (Å²) >= 11 is 0. The Hall–Kier alpha value is -2.91. The van der Waals surface area contributed by atoms with Gasteiger partial charge in [-0.3, -0.25) is 4.90 Å². The average Bonchev–Trinajstić information content (AvgIpc) is 3.24. The summed E-state index contributed by atoms with van der Waals surface area (Å²) in [5.74, 6) is 0. The van der Waals surface area contributed by atoms with Crippen molar-refractivity contribution in [2.75, 3.05) is 18.0 Å². The molecule has 0 bridgehead atoms. The van der Waals surface area contributed by atoms with Gasteiger partial charge in [-0.25, -0.2) is 4.79 Å². The molecule has 2 aromatic rings. The number of fused-ring (bicyclic) bond motifs is 1. The highest BCUT2D eigenvalue weighted by molar-refractivity contribution is 5.67. The first-order chi connectivity index (χ1) is 16.4. The Balaban J connectivity index is 1.68. The van der Waals surface area contributed by atoms with Crippen molar-refractivity contribution in [2.45, 2.75) is 64.0 Å². The van der Waals surface area contributed by atoms with Crippen LogP contribution in [-0.4, -0.2) is 29.2 Å². The van der Waals surface area contributed by atoms with E-state index in [-0.39, 0.29) is 18.2 Å². The van der Waals surface area contributed by atoms with Crippen molar-refractivity contribution in [1.82, 2.24) is 4.90 Å². The predicted molar refractivity (Wildman–Crippen MR) is 118 cm³/mol. The quantitative estimate of drug-likeness (QED) is 0.455. The van der Waals surface area contributed by atoms with E-state index < -0.39 is 36.1 Å². The molecular formula is C25H26F6N2O2. The third kappa shape index (κ3) is 5.85. The van der Waals surface area contributed by atoms with Crippen molar-refractivity contribution in [2.24, 2.45) is 0 Å². The number of benzene rings is 2. The average molecular weight is 500 g/mol. The van der Waals surface area contributed by atoms with Gasteiger partial charge in [-0.1, -0.05) is 6.07 Å².